The van der Waals surface area contributed by atoms with Gasteiger partial charge in [-0.15, -0.1) is 5.10 Å². The van der Waals surface area contributed by atoms with Gasteiger partial charge in [0.25, 0.3) is 0 Å². The van der Waals surface area contributed by atoms with Crippen LogP contribution in [0.2, 0.25) is 0 Å². The molecule has 0 aliphatic heterocycles. The molecule has 0 aromatic carbocycles. The van der Waals surface area contributed by atoms with Gasteiger partial charge in [-0.25, -0.2) is 0 Å². The largest absolute Gasteiger partial charge is 0.379 e. The van der Waals surface area contributed by atoms with Crippen LogP contribution < -0.4 is 5.32 Å². The van der Waals surface area contributed by atoms with Gasteiger partial charge in [0.15, 0.2) is 0 Å². The summed E-state index contributed by atoms with van der Waals surface area (Å²) in [7, 11) is 3.72. The number of hydrogen-bond donors (Lipinski definition) is 1. The third-order valence-electron chi connectivity index (χ3n) is 2.66. The lowest BCUT2D eigenvalue weighted by Gasteiger charge is -2.25. The molecular weight excluding hydrogens is 210 g/mol. The molecule has 1 N–H and O–H groups in total. The van der Waals surface area contributed by atoms with E-state index in [-0.39, 0.29) is 5.60 Å². The van der Waals surface area contributed by atoms with E-state index in [4.69, 9.17) is 4.74 Å². The second-order valence-electron chi connectivity index (χ2n) is 4.16. The van der Waals surface area contributed by atoms with Crippen molar-refractivity contribution in [3.8, 4) is 0 Å². The topological polar surface area (TPSA) is 47.0 Å². The molecule has 0 fully saturated rings. The van der Waals surface area contributed by atoms with E-state index in [0.717, 1.165) is 12.8 Å². The molecule has 1 heterocycles. The summed E-state index contributed by atoms with van der Waals surface area (Å²) in [5.74, 6) is 0. The maximum absolute atomic E-state index is 5.39. The molecule has 1 atom stereocenters. The molecule has 1 aromatic heterocycles. The minimum Gasteiger partial charge on any atom is -0.379 e. The average molecular weight is 229 g/mol. The summed E-state index contributed by atoms with van der Waals surface area (Å²) in [5, 5.41) is 7.13. The zero-order chi connectivity index (χ0) is 11.3. The first kappa shape index (κ1) is 12.5. The van der Waals surface area contributed by atoms with Crippen molar-refractivity contribution in [2.45, 2.75) is 38.3 Å². The number of methoxy groups -OCH3 is 1. The van der Waals surface area contributed by atoms with Crippen LogP contribution in [0.3, 0.4) is 0 Å². The summed E-state index contributed by atoms with van der Waals surface area (Å²) in [6, 6.07) is 0.333. The number of nitrogens with zero attached hydrogens (tertiary/aromatic N) is 2. The summed E-state index contributed by atoms with van der Waals surface area (Å²) in [4.78, 5) is 1.18. The SMILES string of the molecule is CNC(CCC(C)(C)OC)c1cnns1. The van der Waals surface area contributed by atoms with Gasteiger partial charge in [-0.3, -0.25) is 0 Å². The molecule has 5 heteroatoms. The molecule has 1 aromatic rings. The van der Waals surface area contributed by atoms with Gasteiger partial charge in [-0.05, 0) is 45.3 Å². The van der Waals surface area contributed by atoms with Crippen molar-refractivity contribution in [1.82, 2.24) is 14.9 Å². The predicted molar refractivity (Wildman–Crippen MR) is 62.0 cm³/mol. The smallest absolute Gasteiger partial charge is 0.0669 e. The van der Waals surface area contributed by atoms with Crippen LogP contribution in [-0.2, 0) is 4.74 Å². The van der Waals surface area contributed by atoms with Crippen LogP contribution in [0.15, 0.2) is 6.20 Å². The van der Waals surface area contributed by atoms with Crippen molar-refractivity contribution >= 4 is 11.5 Å². The van der Waals surface area contributed by atoms with Crippen LogP contribution in [0, 0.1) is 0 Å². The van der Waals surface area contributed by atoms with Gasteiger partial charge < -0.3 is 10.1 Å². The Kier molecular flexibility index (Phi) is 4.63. The summed E-state index contributed by atoms with van der Waals surface area (Å²) < 4.78 is 9.27. The van der Waals surface area contributed by atoms with Gasteiger partial charge >= 0.3 is 0 Å². The Morgan fingerprint density at radius 3 is 2.80 bits per heavy atom. The zero-order valence-corrected chi connectivity index (χ0v) is 10.6. The molecule has 0 amide bonds. The van der Waals surface area contributed by atoms with E-state index in [2.05, 4.69) is 28.8 Å². The normalized spacial score (nSPS) is 14.1. The standard InChI is InChI=1S/C10H19N3OS/c1-10(2,14-4)6-5-8(11-3)9-7-12-13-15-9/h7-8,11H,5-6H2,1-4H3. The van der Waals surface area contributed by atoms with Gasteiger partial charge in [0.05, 0.1) is 16.7 Å². The highest BCUT2D eigenvalue weighted by Gasteiger charge is 2.20. The first-order chi connectivity index (χ1) is 7.09. The summed E-state index contributed by atoms with van der Waals surface area (Å²) in [6.45, 7) is 4.20. The highest BCUT2D eigenvalue weighted by atomic mass is 32.1. The fraction of sp³-hybridized carbons (Fsp3) is 0.800. The van der Waals surface area contributed by atoms with E-state index in [1.807, 2.05) is 13.2 Å². The maximum Gasteiger partial charge on any atom is 0.0669 e. The molecular formula is C10H19N3OS. The van der Waals surface area contributed by atoms with Crippen molar-refractivity contribution in [2.24, 2.45) is 0 Å². The molecule has 0 saturated carbocycles. The monoisotopic (exact) mass is 229 g/mol. The lowest BCUT2D eigenvalue weighted by atomic mass is 9.98. The molecule has 0 spiro atoms. The predicted octanol–water partition coefficient (Wildman–Crippen LogP) is 2.00. The lowest BCUT2D eigenvalue weighted by molar-refractivity contribution is 0.0119. The van der Waals surface area contributed by atoms with E-state index in [9.17, 15) is 0 Å². The van der Waals surface area contributed by atoms with Gasteiger partial charge in [0.2, 0.25) is 0 Å². The second kappa shape index (κ2) is 5.53. The van der Waals surface area contributed by atoms with Crippen molar-refractivity contribution in [3.63, 3.8) is 0 Å². The molecule has 0 aliphatic carbocycles. The lowest BCUT2D eigenvalue weighted by Crippen LogP contribution is -2.25. The number of rotatable bonds is 6. The molecule has 0 saturated heterocycles. The highest BCUT2D eigenvalue weighted by molar-refractivity contribution is 7.05. The van der Waals surface area contributed by atoms with E-state index in [1.54, 1.807) is 7.11 Å². The molecule has 4 nitrogen and oxygen atoms in total. The molecule has 0 aliphatic rings. The van der Waals surface area contributed by atoms with E-state index >= 15 is 0 Å². The Bertz CT molecular complexity index is 274. The van der Waals surface area contributed by atoms with Gasteiger partial charge in [-0.2, -0.15) is 0 Å². The van der Waals surface area contributed by atoms with E-state index in [1.165, 1.54) is 16.4 Å². The number of nitrogens with one attached hydrogen (secondary N) is 1. The molecule has 0 radical (unpaired) electrons. The quantitative estimate of drug-likeness (QED) is 0.810. The Morgan fingerprint density at radius 1 is 1.60 bits per heavy atom. The van der Waals surface area contributed by atoms with Crippen LogP contribution in [0.25, 0.3) is 0 Å². The van der Waals surface area contributed by atoms with Crippen LogP contribution in [0.1, 0.15) is 37.6 Å². The van der Waals surface area contributed by atoms with Crippen molar-refractivity contribution in [2.75, 3.05) is 14.2 Å². The minimum absolute atomic E-state index is 0.0623. The van der Waals surface area contributed by atoms with Gasteiger partial charge in [0, 0.05) is 13.2 Å². The fourth-order valence-corrected chi connectivity index (χ4v) is 2.00. The Hall–Kier alpha value is -0.520. The average Bonchev–Trinajstić information content (AvgIpc) is 2.72. The Labute approximate surface area is 95.2 Å². The molecule has 86 valence electrons. The van der Waals surface area contributed by atoms with Crippen LogP contribution >= 0.6 is 11.5 Å². The Morgan fingerprint density at radius 2 is 2.33 bits per heavy atom. The molecule has 15 heavy (non-hydrogen) atoms. The molecule has 1 unspecified atom stereocenters. The third kappa shape index (κ3) is 3.85. The van der Waals surface area contributed by atoms with E-state index < -0.39 is 0 Å². The molecule has 0 bridgehead atoms. The summed E-state index contributed by atoms with van der Waals surface area (Å²) in [6.07, 6.45) is 3.86. The van der Waals surface area contributed by atoms with Crippen molar-refractivity contribution < 1.29 is 4.74 Å². The number of ether oxygens (including phenoxy) is 1. The zero-order valence-electron chi connectivity index (χ0n) is 9.78. The Balaban J connectivity index is 2.49. The number of aromatic nitrogens is 2. The third-order valence-corrected chi connectivity index (χ3v) is 3.43. The van der Waals surface area contributed by atoms with Crippen molar-refractivity contribution in [3.05, 3.63) is 11.1 Å². The van der Waals surface area contributed by atoms with Crippen LogP contribution in [0.5, 0.6) is 0 Å². The summed E-state index contributed by atoms with van der Waals surface area (Å²) >= 11 is 1.45. The molecule has 1 rings (SSSR count). The van der Waals surface area contributed by atoms with Gasteiger partial charge in [0.1, 0.15) is 0 Å². The maximum atomic E-state index is 5.39. The van der Waals surface area contributed by atoms with Crippen molar-refractivity contribution in [1.29, 1.82) is 0 Å². The summed E-state index contributed by atoms with van der Waals surface area (Å²) in [5.41, 5.74) is -0.0623. The van der Waals surface area contributed by atoms with Crippen LogP contribution in [0.4, 0.5) is 0 Å². The first-order valence-corrected chi connectivity index (χ1v) is 5.86. The highest BCUT2D eigenvalue weighted by Crippen LogP contribution is 2.25. The van der Waals surface area contributed by atoms with Gasteiger partial charge in [-0.1, -0.05) is 4.49 Å². The van der Waals surface area contributed by atoms with Crippen LogP contribution in [-0.4, -0.2) is 29.3 Å². The number of hydrogen-bond acceptors (Lipinski definition) is 5. The first-order valence-electron chi connectivity index (χ1n) is 5.09. The van der Waals surface area contributed by atoms with E-state index in [0.29, 0.717) is 6.04 Å². The fourth-order valence-electron chi connectivity index (χ4n) is 1.35. The second-order valence-corrected chi connectivity index (χ2v) is 4.98. The minimum atomic E-state index is -0.0623.